The fourth-order valence-corrected chi connectivity index (χ4v) is 4.37. The minimum Gasteiger partial charge on any atom is -0.489 e. The lowest BCUT2D eigenvalue weighted by Gasteiger charge is -2.12. The third-order valence-electron chi connectivity index (χ3n) is 5.78. The molecule has 1 aliphatic heterocycles. The Hall–Kier alpha value is -3.81. The molecule has 0 saturated heterocycles. The second-order valence-electron chi connectivity index (χ2n) is 8.42. The number of aryl methyl sites for hydroxylation is 1. The van der Waals surface area contributed by atoms with Crippen LogP contribution >= 0.6 is 0 Å². The summed E-state index contributed by atoms with van der Waals surface area (Å²) >= 11 is 0. The Bertz CT molecular complexity index is 1320. The molecule has 0 bridgehead atoms. The zero-order chi connectivity index (χ0) is 22.4. The van der Waals surface area contributed by atoms with Gasteiger partial charge in [0.15, 0.2) is 0 Å². The van der Waals surface area contributed by atoms with Crippen LogP contribution < -0.4 is 10.5 Å². The summed E-state index contributed by atoms with van der Waals surface area (Å²) in [4.78, 5) is 15.7. The van der Waals surface area contributed by atoms with Crippen LogP contribution in [-0.4, -0.2) is 31.9 Å². The van der Waals surface area contributed by atoms with Crippen molar-refractivity contribution in [1.82, 2.24) is 14.7 Å². The number of fused-ring (bicyclic) bond motifs is 3. The molecule has 2 aromatic heterocycles. The molecule has 0 fully saturated rings. The van der Waals surface area contributed by atoms with E-state index in [4.69, 9.17) is 15.0 Å². The summed E-state index contributed by atoms with van der Waals surface area (Å²) in [7, 11) is 0. The Morgan fingerprint density at radius 2 is 2.06 bits per heavy atom. The molecule has 0 radical (unpaired) electrons. The highest BCUT2D eigenvalue weighted by molar-refractivity contribution is 5.86. The Morgan fingerprint density at radius 1 is 1.25 bits per heavy atom. The average molecular weight is 432 g/mol. The van der Waals surface area contributed by atoms with Gasteiger partial charge in [-0.05, 0) is 62.7 Å². The van der Waals surface area contributed by atoms with Crippen LogP contribution in [0.3, 0.4) is 0 Å². The van der Waals surface area contributed by atoms with Crippen LogP contribution in [0.5, 0.6) is 5.75 Å². The van der Waals surface area contributed by atoms with Crippen molar-refractivity contribution in [3.63, 3.8) is 0 Å². The lowest BCUT2D eigenvalue weighted by molar-refractivity contribution is -0.137. The number of rotatable bonds is 6. The van der Waals surface area contributed by atoms with Gasteiger partial charge >= 0.3 is 5.97 Å². The highest BCUT2D eigenvalue weighted by atomic mass is 16.5. The second kappa shape index (κ2) is 7.71. The lowest BCUT2D eigenvalue weighted by atomic mass is 10.0. The van der Waals surface area contributed by atoms with E-state index in [1.54, 1.807) is 12.1 Å². The van der Waals surface area contributed by atoms with Crippen molar-refractivity contribution in [2.24, 2.45) is 0 Å². The topological polar surface area (TPSA) is 116 Å². The fraction of sp³-hybridized carbons (Fsp3) is 0.292. The molecule has 8 heteroatoms. The van der Waals surface area contributed by atoms with Crippen LogP contribution in [0.15, 0.2) is 47.0 Å². The number of ether oxygens (including phenoxy) is 1. The molecule has 1 atom stereocenters. The molecule has 1 aliphatic rings. The molecule has 0 aliphatic carbocycles. The van der Waals surface area contributed by atoms with Crippen molar-refractivity contribution in [3.05, 3.63) is 48.2 Å². The van der Waals surface area contributed by atoms with Gasteiger partial charge < -0.3 is 24.7 Å². The van der Waals surface area contributed by atoms with Gasteiger partial charge in [-0.2, -0.15) is 4.98 Å². The summed E-state index contributed by atoms with van der Waals surface area (Å²) in [5.41, 5.74) is 10.3. The van der Waals surface area contributed by atoms with Crippen molar-refractivity contribution in [1.29, 1.82) is 0 Å². The van der Waals surface area contributed by atoms with Gasteiger partial charge in [0.1, 0.15) is 5.75 Å². The SMILES string of the molecule is CC(C)Oc1ccc(-c2nc(-c3ccc4c(c3)cc3n4CCC3CC(=O)O)no2)cc1N. The molecule has 0 spiro atoms. The minimum atomic E-state index is -0.766. The van der Waals surface area contributed by atoms with Gasteiger partial charge in [-0.15, -0.1) is 0 Å². The summed E-state index contributed by atoms with van der Waals surface area (Å²) in [6, 6.07) is 13.5. The Labute approximate surface area is 184 Å². The number of nitrogen functional groups attached to an aromatic ring is 1. The van der Waals surface area contributed by atoms with E-state index in [0.29, 0.717) is 23.2 Å². The largest absolute Gasteiger partial charge is 0.489 e. The molecular formula is C24H24N4O4. The number of anilines is 1. The van der Waals surface area contributed by atoms with E-state index >= 15 is 0 Å². The molecular weight excluding hydrogens is 408 g/mol. The standard InChI is InChI=1S/C24H24N4O4/c1-13(2)31-21-6-4-16(10-18(21)25)24-26-23(27-32-24)15-3-5-19-17(9-15)11-20-14(12-22(29)30)7-8-28(19)20/h3-6,9-11,13-14H,7-8,12,25H2,1-2H3,(H,29,30). The highest BCUT2D eigenvalue weighted by Gasteiger charge is 2.27. The molecule has 3 heterocycles. The number of nitrogens with two attached hydrogens (primary N) is 1. The predicted molar refractivity (Wildman–Crippen MR) is 120 cm³/mol. The summed E-state index contributed by atoms with van der Waals surface area (Å²) in [5.74, 6) is 0.767. The second-order valence-corrected chi connectivity index (χ2v) is 8.42. The normalized spacial score (nSPS) is 15.4. The summed E-state index contributed by atoms with van der Waals surface area (Å²) in [6.07, 6.45) is 1.04. The van der Waals surface area contributed by atoms with E-state index in [1.165, 1.54) is 0 Å². The van der Waals surface area contributed by atoms with Gasteiger partial charge in [-0.25, -0.2) is 0 Å². The minimum absolute atomic E-state index is 0.0307. The Kier molecular flexibility index (Phi) is 4.84. The maximum Gasteiger partial charge on any atom is 0.304 e. The van der Waals surface area contributed by atoms with Crippen molar-refractivity contribution in [3.8, 4) is 28.6 Å². The average Bonchev–Trinajstić information content (AvgIpc) is 3.45. The third kappa shape index (κ3) is 3.57. The van der Waals surface area contributed by atoms with E-state index < -0.39 is 5.97 Å². The van der Waals surface area contributed by atoms with Crippen molar-refractivity contribution >= 4 is 22.6 Å². The number of carboxylic acid groups (broad SMARTS) is 1. The van der Waals surface area contributed by atoms with Gasteiger partial charge in [0.25, 0.3) is 5.89 Å². The van der Waals surface area contributed by atoms with Gasteiger partial charge in [0.2, 0.25) is 5.82 Å². The number of nitrogens with zero attached hydrogens (tertiary/aromatic N) is 3. The fourth-order valence-electron chi connectivity index (χ4n) is 4.37. The molecule has 0 amide bonds. The molecule has 8 nitrogen and oxygen atoms in total. The number of carbonyl (C=O) groups is 1. The van der Waals surface area contributed by atoms with Gasteiger partial charge in [0.05, 0.1) is 18.2 Å². The van der Waals surface area contributed by atoms with E-state index in [0.717, 1.165) is 40.7 Å². The maximum atomic E-state index is 11.2. The summed E-state index contributed by atoms with van der Waals surface area (Å²) in [5, 5.41) is 14.4. The maximum absolute atomic E-state index is 11.2. The van der Waals surface area contributed by atoms with E-state index in [1.807, 2.05) is 38.1 Å². The molecule has 5 rings (SSSR count). The first-order valence-electron chi connectivity index (χ1n) is 10.6. The molecule has 4 aromatic rings. The molecule has 164 valence electrons. The first-order chi connectivity index (χ1) is 15.4. The number of hydrogen-bond donors (Lipinski definition) is 2. The Balaban J connectivity index is 1.43. The van der Waals surface area contributed by atoms with Crippen LogP contribution in [0.25, 0.3) is 33.7 Å². The molecule has 3 N–H and O–H groups in total. The van der Waals surface area contributed by atoms with Gasteiger partial charge in [-0.1, -0.05) is 5.16 Å². The third-order valence-corrected chi connectivity index (χ3v) is 5.78. The van der Waals surface area contributed by atoms with E-state index in [9.17, 15) is 9.90 Å². The number of carboxylic acids is 1. The number of benzene rings is 2. The molecule has 32 heavy (non-hydrogen) atoms. The van der Waals surface area contributed by atoms with Crippen LogP contribution in [0.2, 0.25) is 0 Å². The lowest BCUT2D eigenvalue weighted by Crippen LogP contribution is -2.07. The first-order valence-corrected chi connectivity index (χ1v) is 10.6. The monoisotopic (exact) mass is 432 g/mol. The van der Waals surface area contributed by atoms with E-state index in [-0.39, 0.29) is 18.4 Å². The van der Waals surface area contributed by atoms with Crippen LogP contribution in [0.1, 0.15) is 38.3 Å². The van der Waals surface area contributed by atoms with E-state index in [2.05, 4.69) is 20.8 Å². The van der Waals surface area contributed by atoms with Crippen LogP contribution in [-0.2, 0) is 11.3 Å². The molecule has 1 unspecified atom stereocenters. The number of hydrogen-bond acceptors (Lipinski definition) is 6. The smallest absolute Gasteiger partial charge is 0.304 e. The zero-order valence-electron chi connectivity index (χ0n) is 17.9. The zero-order valence-corrected chi connectivity index (χ0v) is 17.9. The summed E-state index contributed by atoms with van der Waals surface area (Å²) < 4.78 is 13.4. The predicted octanol–water partition coefficient (Wildman–Crippen LogP) is 4.69. The first kappa shape index (κ1) is 20.1. The Morgan fingerprint density at radius 3 is 2.81 bits per heavy atom. The molecule has 0 saturated carbocycles. The van der Waals surface area contributed by atoms with Crippen LogP contribution in [0.4, 0.5) is 5.69 Å². The van der Waals surface area contributed by atoms with Gasteiger partial charge in [-0.3, -0.25) is 4.79 Å². The van der Waals surface area contributed by atoms with Crippen molar-refractivity contribution < 1.29 is 19.2 Å². The van der Waals surface area contributed by atoms with Crippen molar-refractivity contribution in [2.75, 3.05) is 5.73 Å². The molecule has 2 aromatic carbocycles. The highest BCUT2D eigenvalue weighted by Crippen LogP contribution is 2.37. The van der Waals surface area contributed by atoms with Crippen molar-refractivity contribution in [2.45, 2.75) is 45.3 Å². The number of aromatic nitrogens is 3. The number of aliphatic carboxylic acids is 1. The quantitative estimate of drug-likeness (QED) is 0.425. The summed E-state index contributed by atoms with van der Waals surface area (Å²) in [6.45, 7) is 4.72. The van der Waals surface area contributed by atoms with Gasteiger partial charge in [0, 0.05) is 40.2 Å². The van der Waals surface area contributed by atoms with Crippen LogP contribution in [0, 0.1) is 0 Å².